The molecule has 0 amide bonds. The predicted octanol–water partition coefficient (Wildman–Crippen LogP) is 1.39. The van der Waals surface area contributed by atoms with Crippen molar-refractivity contribution in [3.63, 3.8) is 0 Å². The highest BCUT2D eigenvalue weighted by molar-refractivity contribution is 6.00. The third kappa shape index (κ3) is 1.96. The van der Waals surface area contributed by atoms with Crippen LogP contribution in [0.4, 0.5) is 4.39 Å². The highest BCUT2D eigenvalue weighted by atomic mass is 19.1. The molecule has 1 aromatic heterocycles. The van der Waals surface area contributed by atoms with E-state index in [1.807, 2.05) is 0 Å². The van der Waals surface area contributed by atoms with Gasteiger partial charge in [0, 0.05) is 18.2 Å². The second kappa shape index (κ2) is 3.84. The van der Waals surface area contributed by atoms with Gasteiger partial charge in [-0.15, -0.1) is 0 Å². The highest BCUT2D eigenvalue weighted by Gasteiger charge is 2.28. The Kier molecular flexibility index (Phi) is 2.96. The van der Waals surface area contributed by atoms with Crippen LogP contribution >= 0.6 is 0 Å². The number of hydrogen-bond acceptors (Lipinski definition) is 3. The van der Waals surface area contributed by atoms with Gasteiger partial charge in [-0.1, -0.05) is 13.8 Å². The van der Waals surface area contributed by atoms with Crippen LogP contribution in [0.2, 0.25) is 0 Å². The van der Waals surface area contributed by atoms with E-state index < -0.39 is 11.2 Å². The summed E-state index contributed by atoms with van der Waals surface area (Å²) in [5.41, 5.74) is 4.75. The Morgan fingerprint density at radius 1 is 1.64 bits per heavy atom. The number of Topliss-reactive ketones (excluding diaryl/α,β-unsaturated/α-hetero) is 1. The minimum atomic E-state index is -0.734. The second-order valence-electron chi connectivity index (χ2n) is 3.77. The van der Waals surface area contributed by atoms with Gasteiger partial charge in [0.1, 0.15) is 0 Å². The Morgan fingerprint density at radius 3 is 2.79 bits per heavy atom. The van der Waals surface area contributed by atoms with Crippen molar-refractivity contribution < 1.29 is 9.18 Å². The third-order valence-electron chi connectivity index (χ3n) is 2.14. The number of halogens is 1. The summed E-state index contributed by atoms with van der Waals surface area (Å²) >= 11 is 0. The van der Waals surface area contributed by atoms with Gasteiger partial charge < -0.3 is 5.73 Å². The molecule has 1 rings (SSSR count). The summed E-state index contributed by atoms with van der Waals surface area (Å²) in [6.07, 6.45) is 2.42. The monoisotopic (exact) mass is 196 g/mol. The summed E-state index contributed by atoms with van der Waals surface area (Å²) in [7, 11) is 0. The fourth-order valence-corrected chi connectivity index (χ4v) is 1.02. The predicted molar refractivity (Wildman–Crippen MR) is 51.4 cm³/mol. The molecule has 3 nitrogen and oxygen atoms in total. The fourth-order valence-electron chi connectivity index (χ4n) is 1.02. The van der Waals surface area contributed by atoms with Crippen LogP contribution in [0.15, 0.2) is 18.5 Å². The molecule has 1 aromatic rings. The molecule has 76 valence electrons. The van der Waals surface area contributed by atoms with Gasteiger partial charge in [0.2, 0.25) is 0 Å². The summed E-state index contributed by atoms with van der Waals surface area (Å²) in [4.78, 5) is 15.3. The van der Waals surface area contributed by atoms with E-state index in [9.17, 15) is 9.18 Å². The molecule has 0 aromatic carbocycles. The molecule has 0 aliphatic carbocycles. The molecule has 14 heavy (non-hydrogen) atoms. The quantitative estimate of drug-likeness (QED) is 0.743. The van der Waals surface area contributed by atoms with Crippen LogP contribution in [0, 0.1) is 11.2 Å². The molecule has 0 spiro atoms. The fraction of sp³-hybridized carbons (Fsp3) is 0.400. The summed E-state index contributed by atoms with van der Waals surface area (Å²) in [5.74, 6) is -0.890. The SMILES string of the molecule is CC(C)(CN)C(=O)c1ccncc1F. The maximum atomic E-state index is 13.2. The number of aromatic nitrogens is 1. The second-order valence-corrected chi connectivity index (χ2v) is 3.77. The molecular formula is C10H13FN2O. The minimum absolute atomic E-state index is 0.0513. The van der Waals surface area contributed by atoms with Crippen molar-refractivity contribution in [3.8, 4) is 0 Å². The van der Waals surface area contributed by atoms with Gasteiger partial charge in [-0.05, 0) is 6.07 Å². The Hall–Kier alpha value is -1.29. The van der Waals surface area contributed by atoms with E-state index in [4.69, 9.17) is 5.73 Å². The molecular weight excluding hydrogens is 183 g/mol. The Labute approximate surface area is 82.1 Å². The number of ketones is 1. The first kappa shape index (κ1) is 10.8. The van der Waals surface area contributed by atoms with Crippen LogP contribution in [-0.2, 0) is 0 Å². The molecule has 0 saturated heterocycles. The van der Waals surface area contributed by atoms with Crippen molar-refractivity contribution in [3.05, 3.63) is 29.8 Å². The molecule has 2 N–H and O–H groups in total. The van der Waals surface area contributed by atoms with E-state index in [1.54, 1.807) is 13.8 Å². The van der Waals surface area contributed by atoms with E-state index >= 15 is 0 Å². The molecule has 0 atom stereocenters. The standard InChI is InChI=1S/C10H13FN2O/c1-10(2,6-12)9(14)7-3-4-13-5-8(7)11/h3-5H,6,12H2,1-2H3. The first-order valence-electron chi connectivity index (χ1n) is 4.33. The lowest BCUT2D eigenvalue weighted by Gasteiger charge is -2.20. The van der Waals surface area contributed by atoms with Crippen LogP contribution in [0.25, 0.3) is 0 Å². The average Bonchev–Trinajstić information content (AvgIpc) is 2.17. The molecule has 0 bridgehead atoms. The number of carbonyl (C=O) groups is 1. The molecule has 4 heteroatoms. The zero-order chi connectivity index (χ0) is 10.8. The lowest BCUT2D eigenvalue weighted by atomic mass is 9.84. The third-order valence-corrected chi connectivity index (χ3v) is 2.14. The van der Waals surface area contributed by atoms with Gasteiger partial charge in [0.25, 0.3) is 0 Å². The van der Waals surface area contributed by atoms with E-state index in [-0.39, 0.29) is 17.9 Å². The molecule has 0 saturated carbocycles. The topological polar surface area (TPSA) is 56.0 Å². The average molecular weight is 196 g/mol. The number of nitrogens with zero attached hydrogens (tertiary/aromatic N) is 1. The summed E-state index contributed by atoms with van der Waals surface area (Å²) in [6.45, 7) is 3.57. The van der Waals surface area contributed by atoms with Gasteiger partial charge in [-0.25, -0.2) is 4.39 Å². The van der Waals surface area contributed by atoms with Crippen molar-refractivity contribution in [2.45, 2.75) is 13.8 Å². The van der Waals surface area contributed by atoms with Gasteiger partial charge >= 0.3 is 0 Å². The maximum absolute atomic E-state index is 13.2. The van der Waals surface area contributed by atoms with Gasteiger partial charge in [0.15, 0.2) is 11.6 Å². The van der Waals surface area contributed by atoms with Crippen molar-refractivity contribution in [2.24, 2.45) is 11.1 Å². The zero-order valence-electron chi connectivity index (χ0n) is 8.25. The molecule has 1 heterocycles. The van der Waals surface area contributed by atoms with Crippen LogP contribution in [0.3, 0.4) is 0 Å². The van der Waals surface area contributed by atoms with Gasteiger partial charge in [0.05, 0.1) is 11.8 Å². The Balaban J connectivity index is 3.07. The number of nitrogens with two attached hydrogens (primary N) is 1. The Morgan fingerprint density at radius 2 is 2.29 bits per heavy atom. The van der Waals surface area contributed by atoms with E-state index in [0.717, 1.165) is 6.20 Å². The summed E-state index contributed by atoms with van der Waals surface area (Å²) < 4.78 is 13.2. The lowest BCUT2D eigenvalue weighted by Crippen LogP contribution is -2.33. The number of pyridine rings is 1. The lowest BCUT2D eigenvalue weighted by molar-refractivity contribution is 0.0843. The van der Waals surface area contributed by atoms with Crippen molar-refractivity contribution in [1.29, 1.82) is 0 Å². The number of carbonyl (C=O) groups excluding carboxylic acids is 1. The van der Waals surface area contributed by atoms with Crippen LogP contribution < -0.4 is 5.73 Å². The van der Waals surface area contributed by atoms with Crippen LogP contribution in [0.1, 0.15) is 24.2 Å². The minimum Gasteiger partial charge on any atom is -0.329 e. The molecule has 0 radical (unpaired) electrons. The van der Waals surface area contributed by atoms with E-state index in [0.29, 0.717) is 0 Å². The van der Waals surface area contributed by atoms with Crippen molar-refractivity contribution in [2.75, 3.05) is 6.54 Å². The smallest absolute Gasteiger partial charge is 0.172 e. The van der Waals surface area contributed by atoms with E-state index in [1.165, 1.54) is 12.3 Å². The molecule has 0 fully saturated rings. The first-order valence-corrected chi connectivity index (χ1v) is 4.33. The molecule has 0 aliphatic rings. The summed E-state index contributed by atoms with van der Waals surface area (Å²) in [5, 5.41) is 0. The first-order chi connectivity index (χ1) is 6.49. The number of rotatable bonds is 3. The van der Waals surface area contributed by atoms with Crippen molar-refractivity contribution >= 4 is 5.78 Å². The summed E-state index contributed by atoms with van der Waals surface area (Å²) in [6, 6.07) is 1.37. The van der Waals surface area contributed by atoms with E-state index in [2.05, 4.69) is 4.98 Å². The highest BCUT2D eigenvalue weighted by Crippen LogP contribution is 2.21. The largest absolute Gasteiger partial charge is 0.329 e. The van der Waals surface area contributed by atoms with Crippen molar-refractivity contribution in [1.82, 2.24) is 4.98 Å². The zero-order valence-corrected chi connectivity index (χ0v) is 8.25. The van der Waals surface area contributed by atoms with Crippen LogP contribution in [0.5, 0.6) is 0 Å². The van der Waals surface area contributed by atoms with Crippen LogP contribution in [-0.4, -0.2) is 17.3 Å². The molecule has 0 unspecified atom stereocenters. The van der Waals surface area contributed by atoms with Gasteiger partial charge in [-0.3, -0.25) is 9.78 Å². The normalized spacial score (nSPS) is 11.4. The van der Waals surface area contributed by atoms with Gasteiger partial charge in [-0.2, -0.15) is 0 Å². The maximum Gasteiger partial charge on any atom is 0.172 e. The molecule has 0 aliphatic heterocycles. The number of hydrogen-bond donors (Lipinski definition) is 1. The Bertz CT molecular complexity index is 350.